The van der Waals surface area contributed by atoms with Gasteiger partial charge in [-0.05, 0) is 53.2 Å². The molecule has 1 aromatic rings. The third kappa shape index (κ3) is 1.68. The van der Waals surface area contributed by atoms with Crippen LogP contribution >= 0.6 is 15.9 Å². The van der Waals surface area contributed by atoms with E-state index in [1.165, 1.54) is 6.07 Å². The minimum Gasteiger partial charge on any atom is -0.347 e. The number of amides is 1. The molecular formula is C12H10BrF2NO. The Kier molecular flexibility index (Phi) is 2.30. The van der Waals surface area contributed by atoms with E-state index in [9.17, 15) is 13.6 Å². The molecule has 1 aromatic carbocycles. The van der Waals surface area contributed by atoms with E-state index in [1.807, 2.05) is 0 Å². The Balaban J connectivity index is 1.81. The SMILES string of the molecule is O=C(NC12CC(C1)C2)c1cc(F)c(F)c(Br)c1. The molecule has 3 saturated carbocycles. The average Bonchev–Trinajstić information content (AvgIpc) is 2.17. The van der Waals surface area contributed by atoms with Crippen LogP contribution in [-0.4, -0.2) is 11.4 Å². The topological polar surface area (TPSA) is 29.1 Å². The van der Waals surface area contributed by atoms with Crippen LogP contribution in [0, 0.1) is 17.6 Å². The fraction of sp³-hybridized carbons (Fsp3) is 0.417. The maximum atomic E-state index is 13.2. The summed E-state index contributed by atoms with van der Waals surface area (Å²) in [5.74, 6) is -1.55. The second kappa shape index (κ2) is 3.51. The Bertz CT molecular complexity index is 477. The number of halogens is 3. The van der Waals surface area contributed by atoms with Gasteiger partial charge in [0.1, 0.15) is 0 Å². The number of hydrogen-bond donors (Lipinski definition) is 1. The van der Waals surface area contributed by atoms with Gasteiger partial charge in [0.05, 0.1) is 4.47 Å². The van der Waals surface area contributed by atoms with E-state index in [2.05, 4.69) is 21.2 Å². The van der Waals surface area contributed by atoms with Gasteiger partial charge in [0.15, 0.2) is 11.6 Å². The summed E-state index contributed by atoms with van der Waals surface area (Å²) in [6.45, 7) is 0. The maximum Gasteiger partial charge on any atom is 0.251 e. The quantitative estimate of drug-likeness (QED) is 0.836. The van der Waals surface area contributed by atoms with E-state index in [4.69, 9.17) is 0 Å². The minimum absolute atomic E-state index is 0.0276. The van der Waals surface area contributed by atoms with E-state index in [-0.39, 0.29) is 21.5 Å². The summed E-state index contributed by atoms with van der Waals surface area (Å²) < 4.78 is 26.2. The summed E-state index contributed by atoms with van der Waals surface area (Å²) in [6, 6.07) is 2.24. The van der Waals surface area contributed by atoms with Gasteiger partial charge in [-0.3, -0.25) is 4.79 Å². The molecule has 0 spiro atoms. The molecule has 0 radical (unpaired) electrons. The van der Waals surface area contributed by atoms with Crippen molar-refractivity contribution in [2.75, 3.05) is 0 Å². The van der Waals surface area contributed by atoms with E-state index < -0.39 is 11.6 Å². The van der Waals surface area contributed by atoms with Crippen LogP contribution in [0.15, 0.2) is 16.6 Å². The zero-order valence-electron chi connectivity index (χ0n) is 8.90. The highest BCUT2D eigenvalue weighted by molar-refractivity contribution is 9.10. The summed E-state index contributed by atoms with van der Waals surface area (Å²) in [4.78, 5) is 11.9. The first-order chi connectivity index (χ1) is 7.99. The Morgan fingerprint density at radius 3 is 2.47 bits per heavy atom. The van der Waals surface area contributed by atoms with E-state index >= 15 is 0 Å². The van der Waals surface area contributed by atoms with Crippen molar-refractivity contribution in [3.05, 3.63) is 33.8 Å². The Labute approximate surface area is 106 Å². The second-order valence-corrected chi connectivity index (χ2v) is 5.82. The van der Waals surface area contributed by atoms with Gasteiger partial charge in [-0.15, -0.1) is 0 Å². The lowest BCUT2D eigenvalue weighted by Gasteiger charge is -2.61. The third-order valence-electron chi connectivity index (χ3n) is 3.66. The molecule has 0 saturated heterocycles. The van der Waals surface area contributed by atoms with Crippen molar-refractivity contribution in [3.8, 4) is 0 Å². The van der Waals surface area contributed by atoms with Gasteiger partial charge < -0.3 is 5.32 Å². The van der Waals surface area contributed by atoms with Crippen molar-refractivity contribution in [1.82, 2.24) is 5.32 Å². The Hall–Kier alpha value is -0.970. The van der Waals surface area contributed by atoms with Crippen LogP contribution in [0.1, 0.15) is 29.6 Å². The predicted octanol–water partition coefficient (Wildman–Crippen LogP) is 3.01. The molecule has 0 aromatic heterocycles. The van der Waals surface area contributed by atoms with Crippen molar-refractivity contribution < 1.29 is 13.6 Å². The minimum atomic E-state index is -1.01. The van der Waals surface area contributed by atoms with Crippen molar-refractivity contribution in [2.24, 2.45) is 5.92 Å². The lowest BCUT2D eigenvalue weighted by Crippen LogP contribution is -2.68. The molecular weight excluding hydrogens is 292 g/mol. The zero-order chi connectivity index (χ0) is 12.2. The highest BCUT2D eigenvalue weighted by atomic mass is 79.9. The molecule has 0 atom stereocenters. The molecule has 2 nitrogen and oxygen atoms in total. The van der Waals surface area contributed by atoms with Gasteiger partial charge >= 0.3 is 0 Å². The van der Waals surface area contributed by atoms with Crippen LogP contribution in [0.2, 0.25) is 0 Å². The molecule has 1 amide bonds. The second-order valence-electron chi connectivity index (χ2n) is 4.97. The summed E-state index contributed by atoms with van der Waals surface area (Å²) in [5.41, 5.74) is 0.0968. The molecule has 1 N–H and O–H groups in total. The lowest BCUT2D eigenvalue weighted by atomic mass is 9.50. The van der Waals surface area contributed by atoms with Crippen molar-refractivity contribution in [3.63, 3.8) is 0 Å². The zero-order valence-corrected chi connectivity index (χ0v) is 10.5. The molecule has 0 aliphatic heterocycles. The van der Waals surface area contributed by atoms with Crippen LogP contribution in [0.3, 0.4) is 0 Å². The van der Waals surface area contributed by atoms with Crippen molar-refractivity contribution in [2.45, 2.75) is 24.8 Å². The Morgan fingerprint density at radius 1 is 1.35 bits per heavy atom. The Morgan fingerprint density at radius 2 is 2.00 bits per heavy atom. The summed E-state index contributed by atoms with van der Waals surface area (Å²) in [7, 11) is 0. The number of rotatable bonds is 2. The molecule has 3 aliphatic carbocycles. The average molecular weight is 302 g/mol. The standard InChI is InChI=1S/C12H10BrF2NO/c13-8-1-7(2-9(14)10(8)15)11(17)16-12-3-6(4-12)5-12/h1-2,6H,3-5H2,(H,16,17). The van der Waals surface area contributed by atoms with Gasteiger partial charge in [-0.25, -0.2) is 8.78 Å². The van der Waals surface area contributed by atoms with Crippen LogP contribution in [0.5, 0.6) is 0 Å². The molecule has 90 valence electrons. The summed E-state index contributed by atoms with van der Waals surface area (Å²) in [5, 5.41) is 2.90. The van der Waals surface area contributed by atoms with Gasteiger partial charge in [0.2, 0.25) is 0 Å². The van der Waals surface area contributed by atoms with Crippen LogP contribution in [-0.2, 0) is 0 Å². The molecule has 3 aliphatic rings. The number of hydrogen-bond acceptors (Lipinski definition) is 1. The molecule has 0 unspecified atom stereocenters. The van der Waals surface area contributed by atoms with Crippen LogP contribution in [0.25, 0.3) is 0 Å². The fourth-order valence-electron chi connectivity index (χ4n) is 2.63. The maximum absolute atomic E-state index is 13.2. The number of carbonyl (C=O) groups is 1. The van der Waals surface area contributed by atoms with Gasteiger partial charge in [-0.2, -0.15) is 0 Å². The van der Waals surface area contributed by atoms with Crippen LogP contribution < -0.4 is 5.32 Å². The molecule has 4 rings (SSSR count). The summed E-state index contributed by atoms with van der Waals surface area (Å²) >= 11 is 2.89. The normalized spacial score (nSPS) is 29.2. The molecule has 17 heavy (non-hydrogen) atoms. The molecule has 0 heterocycles. The number of benzene rings is 1. The van der Waals surface area contributed by atoms with E-state index in [0.717, 1.165) is 31.2 Å². The predicted molar refractivity (Wildman–Crippen MR) is 61.6 cm³/mol. The highest BCUT2D eigenvalue weighted by Gasteiger charge is 2.57. The van der Waals surface area contributed by atoms with Crippen LogP contribution in [0.4, 0.5) is 8.78 Å². The molecule has 5 heteroatoms. The largest absolute Gasteiger partial charge is 0.347 e. The molecule has 3 fully saturated rings. The number of nitrogens with one attached hydrogen (secondary N) is 1. The third-order valence-corrected chi connectivity index (χ3v) is 4.24. The number of carbonyl (C=O) groups excluding carboxylic acids is 1. The van der Waals surface area contributed by atoms with Gasteiger partial charge in [0, 0.05) is 11.1 Å². The monoisotopic (exact) mass is 301 g/mol. The first-order valence-electron chi connectivity index (χ1n) is 5.46. The van der Waals surface area contributed by atoms with Gasteiger partial charge in [-0.1, -0.05) is 0 Å². The summed E-state index contributed by atoms with van der Waals surface area (Å²) in [6.07, 6.45) is 3.05. The van der Waals surface area contributed by atoms with E-state index in [1.54, 1.807) is 0 Å². The smallest absolute Gasteiger partial charge is 0.251 e. The first-order valence-corrected chi connectivity index (χ1v) is 6.25. The highest BCUT2D eigenvalue weighted by Crippen LogP contribution is 2.56. The van der Waals surface area contributed by atoms with E-state index in [0.29, 0.717) is 0 Å². The fourth-order valence-corrected chi connectivity index (χ4v) is 3.07. The van der Waals surface area contributed by atoms with Crippen molar-refractivity contribution in [1.29, 1.82) is 0 Å². The van der Waals surface area contributed by atoms with Gasteiger partial charge in [0.25, 0.3) is 5.91 Å². The van der Waals surface area contributed by atoms with Crippen molar-refractivity contribution >= 4 is 21.8 Å². The lowest BCUT2D eigenvalue weighted by molar-refractivity contribution is -0.0438. The first kappa shape index (κ1) is 11.1. The molecule has 2 bridgehead atoms.